The molecule has 0 fully saturated rings. The molecule has 1 atom stereocenters. The van der Waals surface area contributed by atoms with Crippen LogP contribution in [0.1, 0.15) is 18.9 Å². The van der Waals surface area contributed by atoms with E-state index in [1.165, 1.54) is 7.05 Å². The third-order valence-electron chi connectivity index (χ3n) is 3.22. The number of carbonyl (C=O) groups is 2. The van der Waals surface area contributed by atoms with Gasteiger partial charge in [-0.05, 0) is 19.1 Å². The first kappa shape index (κ1) is 20.9. The van der Waals surface area contributed by atoms with E-state index in [9.17, 15) is 31.2 Å². The van der Waals surface area contributed by atoms with Crippen molar-refractivity contribution in [2.24, 2.45) is 0 Å². The molecule has 140 valence electrons. The lowest BCUT2D eigenvalue weighted by molar-refractivity contribution is -0.140. The minimum absolute atomic E-state index is 0.167. The molecule has 0 saturated heterocycles. The van der Waals surface area contributed by atoms with Crippen LogP contribution in [-0.4, -0.2) is 49.9 Å². The molecule has 0 saturated carbocycles. The van der Waals surface area contributed by atoms with Gasteiger partial charge in [-0.1, -0.05) is 12.1 Å². The van der Waals surface area contributed by atoms with Gasteiger partial charge in [0.25, 0.3) is 0 Å². The van der Waals surface area contributed by atoms with Crippen LogP contribution in [0, 0.1) is 0 Å². The number of benzene rings is 1. The number of carboxylic acid groups (broad SMARTS) is 1. The molecular weight excluding hydrogens is 365 g/mol. The number of alkyl halides is 3. The maximum Gasteiger partial charge on any atom is 0.417 e. The normalized spacial score (nSPS) is 13.3. The molecule has 1 aromatic carbocycles. The second-order valence-electron chi connectivity index (χ2n) is 5.24. The Balaban J connectivity index is 2.99. The maximum absolute atomic E-state index is 13.0. The Hall–Kier alpha value is -2.14. The fourth-order valence-electron chi connectivity index (χ4n) is 1.99. The molecule has 7 nitrogen and oxygen atoms in total. The van der Waals surface area contributed by atoms with Crippen molar-refractivity contribution in [1.29, 1.82) is 0 Å². The topological polar surface area (TPSA) is 104 Å². The standard InChI is InChI=1S/C14H17F3N2O5S/c1-9(13(22)19(2)8-7-12(20)21)18-25(23,24)11-6-4-3-5-10(11)14(15,16)17/h3-6,9,18H,7-8H2,1-2H3,(H,20,21). The first-order valence-electron chi connectivity index (χ1n) is 7.01. The summed E-state index contributed by atoms with van der Waals surface area (Å²) in [7, 11) is -3.35. The van der Waals surface area contributed by atoms with Gasteiger partial charge < -0.3 is 10.0 Å². The lowest BCUT2D eigenvalue weighted by Gasteiger charge is -2.22. The molecule has 1 unspecified atom stereocenters. The van der Waals surface area contributed by atoms with E-state index in [2.05, 4.69) is 0 Å². The highest BCUT2D eigenvalue weighted by molar-refractivity contribution is 7.89. The predicted octanol–water partition coefficient (Wildman–Crippen LogP) is 1.31. The average molecular weight is 382 g/mol. The number of aliphatic carboxylic acids is 1. The zero-order valence-corrected chi connectivity index (χ0v) is 14.2. The lowest BCUT2D eigenvalue weighted by Crippen LogP contribution is -2.46. The zero-order chi connectivity index (χ0) is 19.4. The van der Waals surface area contributed by atoms with Crippen LogP contribution in [0.2, 0.25) is 0 Å². The van der Waals surface area contributed by atoms with Crippen molar-refractivity contribution >= 4 is 21.9 Å². The third-order valence-corrected chi connectivity index (χ3v) is 4.82. The summed E-state index contributed by atoms with van der Waals surface area (Å²) in [6, 6.07) is 2.23. The number of hydrogen-bond acceptors (Lipinski definition) is 4. The average Bonchev–Trinajstić information content (AvgIpc) is 2.50. The van der Waals surface area contributed by atoms with Crippen molar-refractivity contribution in [2.75, 3.05) is 13.6 Å². The maximum atomic E-state index is 13.0. The summed E-state index contributed by atoms with van der Waals surface area (Å²) in [6.07, 6.45) is -5.23. The molecule has 11 heteroatoms. The van der Waals surface area contributed by atoms with Crippen molar-refractivity contribution in [3.05, 3.63) is 29.8 Å². The molecule has 1 amide bonds. The summed E-state index contributed by atoms with van der Waals surface area (Å²) >= 11 is 0. The number of nitrogens with one attached hydrogen (secondary N) is 1. The van der Waals surface area contributed by atoms with Crippen LogP contribution in [0.25, 0.3) is 0 Å². The van der Waals surface area contributed by atoms with Crippen molar-refractivity contribution in [2.45, 2.75) is 30.5 Å². The van der Waals surface area contributed by atoms with Gasteiger partial charge in [0.2, 0.25) is 15.9 Å². The van der Waals surface area contributed by atoms with E-state index in [1.54, 1.807) is 0 Å². The minimum atomic E-state index is -4.88. The van der Waals surface area contributed by atoms with Crippen molar-refractivity contribution in [1.82, 2.24) is 9.62 Å². The van der Waals surface area contributed by atoms with Gasteiger partial charge in [-0.15, -0.1) is 0 Å². The number of carboxylic acids is 1. The van der Waals surface area contributed by atoms with Crippen LogP contribution in [-0.2, 0) is 25.8 Å². The first-order valence-corrected chi connectivity index (χ1v) is 8.50. The number of halogens is 3. The Morgan fingerprint density at radius 2 is 1.84 bits per heavy atom. The Bertz CT molecular complexity index is 749. The molecule has 2 N–H and O–H groups in total. The summed E-state index contributed by atoms with van der Waals surface area (Å²) in [6.45, 7) is 0.993. The molecule has 0 aliphatic heterocycles. The summed E-state index contributed by atoms with van der Waals surface area (Å²) in [5.74, 6) is -1.92. The first-order chi connectivity index (χ1) is 11.4. The van der Waals surface area contributed by atoms with E-state index in [4.69, 9.17) is 5.11 Å². The van der Waals surface area contributed by atoms with Crippen LogP contribution < -0.4 is 4.72 Å². The van der Waals surface area contributed by atoms with Gasteiger partial charge in [0.1, 0.15) is 0 Å². The Morgan fingerprint density at radius 1 is 1.28 bits per heavy atom. The molecule has 0 bridgehead atoms. The summed E-state index contributed by atoms with van der Waals surface area (Å²) in [5, 5.41) is 8.57. The quantitative estimate of drug-likeness (QED) is 0.740. The number of nitrogens with zero attached hydrogens (tertiary/aromatic N) is 1. The second-order valence-corrected chi connectivity index (χ2v) is 6.92. The van der Waals surface area contributed by atoms with E-state index in [-0.39, 0.29) is 13.0 Å². The summed E-state index contributed by atoms with van der Waals surface area (Å²) in [4.78, 5) is 22.5. The highest BCUT2D eigenvalue weighted by Crippen LogP contribution is 2.33. The van der Waals surface area contributed by atoms with Crippen LogP contribution in [0.5, 0.6) is 0 Å². The fourth-order valence-corrected chi connectivity index (χ4v) is 3.41. The van der Waals surface area contributed by atoms with Crippen LogP contribution in [0.3, 0.4) is 0 Å². The van der Waals surface area contributed by atoms with Crippen LogP contribution in [0.15, 0.2) is 29.2 Å². The van der Waals surface area contributed by atoms with E-state index < -0.39 is 44.6 Å². The molecule has 1 rings (SSSR count). The van der Waals surface area contributed by atoms with Crippen molar-refractivity contribution in [3.63, 3.8) is 0 Å². The summed E-state index contributed by atoms with van der Waals surface area (Å²) < 4.78 is 65.2. The monoisotopic (exact) mass is 382 g/mol. The smallest absolute Gasteiger partial charge is 0.417 e. The lowest BCUT2D eigenvalue weighted by atomic mass is 10.2. The van der Waals surface area contributed by atoms with E-state index >= 15 is 0 Å². The fraction of sp³-hybridized carbons (Fsp3) is 0.429. The van der Waals surface area contributed by atoms with Crippen molar-refractivity contribution in [3.8, 4) is 0 Å². The highest BCUT2D eigenvalue weighted by Gasteiger charge is 2.37. The summed E-state index contributed by atoms with van der Waals surface area (Å²) in [5.41, 5.74) is -1.35. The molecule has 0 aromatic heterocycles. The molecule has 0 aliphatic carbocycles. The Morgan fingerprint density at radius 3 is 2.36 bits per heavy atom. The molecule has 25 heavy (non-hydrogen) atoms. The number of carbonyl (C=O) groups excluding carboxylic acids is 1. The number of hydrogen-bond donors (Lipinski definition) is 2. The van der Waals surface area contributed by atoms with Crippen molar-refractivity contribution < 1.29 is 36.3 Å². The zero-order valence-electron chi connectivity index (χ0n) is 13.4. The Labute approximate surface area is 142 Å². The van der Waals surface area contributed by atoms with E-state index in [1.807, 2.05) is 4.72 Å². The Kier molecular flexibility index (Phi) is 6.54. The van der Waals surface area contributed by atoms with Gasteiger partial charge in [-0.3, -0.25) is 9.59 Å². The molecule has 0 aliphatic rings. The van der Waals surface area contributed by atoms with Gasteiger partial charge in [0.05, 0.1) is 22.9 Å². The number of amides is 1. The van der Waals surface area contributed by atoms with Crippen LogP contribution in [0.4, 0.5) is 13.2 Å². The number of sulfonamides is 1. The molecule has 0 radical (unpaired) electrons. The SMILES string of the molecule is CC(NS(=O)(=O)c1ccccc1C(F)(F)F)C(=O)N(C)CCC(=O)O. The van der Waals surface area contributed by atoms with Gasteiger partial charge in [-0.25, -0.2) is 8.42 Å². The van der Waals surface area contributed by atoms with Gasteiger partial charge in [-0.2, -0.15) is 17.9 Å². The van der Waals surface area contributed by atoms with E-state index in [0.717, 1.165) is 30.0 Å². The third kappa shape index (κ3) is 5.71. The highest BCUT2D eigenvalue weighted by atomic mass is 32.2. The molecule has 0 heterocycles. The minimum Gasteiger partial charge on any atom is -0.481 e. The van der Waals surface area contributed by atoms with Gasteiger partial charge >= 0.3 is 12.1 Å². The largest absolute Gasteiger partial charge is 0.481 e. The molecular formula is C14H17F3N2O5S. The molecule has 0 spiro atoms. The second kappa shape index (κ2) is 7.83. The van der Waals surface area contributed by atoms with E-state index in [0.29, 0.717) is 6.07 Å². The van der Waals surface area contributed by atoms with Crippen LogP contribution >= 0.6 is 0 Å². The number of rotatable bonds is 7. The van der Waals surface area contributed by atoms with Gasteiger partial charge in [0, 0.05) is 13.6 Å². The van der Waals surface area contributed by atoms with Gasteiger partial charge in [0.15, 0.2) is 0 Å². The predicted molar refractivity (Wildman–Crippen MR) is 81.1 cm³/mol. The number of likely N-dealkylation sites (N-methyl/N-ethyl adjacent to an activating group) is 1. The molecule has 1 aromatic rings.